The maximum Gasteiger partial charge on any atom is 0.306 e. The molecule has 104 valence electrons. The summed E-state index contributed by atoms with van der Waals surface area (Å²) in [6.45, 7) is 1.69. The fourth-order valence-corrected chi connectivity index (χ4v) is 4.18. The molecule has 0 N–H and O–H groups in total. The lowest BCUT2D eigenvalue weighted by Crippen LogP contribution is -2.36. The summed E-state index contributed by atoms with van der Waals surface area (Å²) in [7, 11) is 0. The van der Waals surface area contributed by atoms with Gasteiger partial charge in [0.25, 0.3) is 0 Å². The first-order chi connectivity index (χ1) is 9.57. The SMILES string of the molecule is C[C@@]1(C(=O)CSc2nc3ccccc3s2)CCC(=O)O1. The lowest BCUT2D eigenvalue weighted by atomic mass is 9.98. The Balaban J connectivity index is 1.67. The predicted molar refractivity (Wildman–Crippen MR) is 79.1 cm³/mol. The van der Waals surface area contributed by atoms with E-state index >= 15 is 0 Å². The third-order valence-electron chi connectivity index (χ3n) is 3.34. The number of para-hydroxylation sites is 1. The van der Waals surface area contributed by atoms with Crippen LogP contribution in [0.25, 0.3) is 10.2 Å². The smallest absolute Gasteiger partial charge is 0.306 e. The van der Waals surface area contributed by atoms with Crippen molar-refractivity contribution in [3.63, 3.8) is 0 Å². The van der Waals surface area contributed by atoms with Crippen LogP contribution < -0.4 is 0 Å². The third kappa shape index (κ3) is 2.58. The van der Waals surface area contributed by atoms with Crippen molar-refractivity contribution in [2.24, 2.45) is 0 Å². The molecule has 0 spiro atoms. The number of nitrogens with zero attached hydrogens (tertiary/aromatic N) is 1. The fourth-order valence-electron chi connectivity index (χ4n) is 2.08. The number of cyclic esters (lactones) is 1. The first-order valence-corrected chi connectivity index (χ1v) is 8.10. The number of Topliss-reactive ketones (excluding diaryl/α,β-unsaturated/α-hetero) is 1. The highest BCUT2D eigenvalue weighted by atomic mass is 32.2. The van der Waals surface area contributed by atoms with E-state index in [1.807, 2.05) is 24.3 Å². The number of esters is 1. The number of benzene rings is 1. The molecule has 1 aromatic carbocycles. The Bertz CT molecular complexity index is 649. The van der Waals surface area contributed by atoms with E-state index < -0.39 is 5.60 Å². The molecule has 0 saturated carbocycles. The average Bonchev–Trinajstić information content (AvgIpc) is 2.99. The molecule has 0 amide bonds. The Morgan fingerprint density at radius 3 is 3.00 bits per heavy atom. The van der Waals surface area contributed by atoms with Crippen molar-refractivity contribution in [1.82, 2.24) is 4.98 Å². The Morgan fingerprint density at radius 1 is 1.50 bits per heavy atom. The molecule has 1 fully saturated rings. The number of aromatic nitrogens is 1. The normalized spacial score (nSPS) is 22.1. The van der Waals surface area contributed by atoms with E-state index in [9.17, 15) is 9.59 Å². The molecule has 0 aliphatic carbocycles. The molecule has 4 nitrogen and oxygen atoms in total. The van der Waals surface area contributed by atoms with Gasteiger partial charge in [-0.2, -0.15) is 0 Å². The zero-order chi connectivity index (χ0) is 14.2. The van der Waals surface area contributed by atoms with E-state index in [1.54, 1.807) is 18.3 Å². The molecule has 1 aliphatic rings. The molecule has 3 rings (SSSR count). The quantitative estimate of drug-likeness (QED) is 0.642. The number of carbonyl (C=O) groups excluding carboxylic acids is 2. The van der Waals surface area contributed by atoms with E-state index in [4.69, 9.17) is 4.74 Å². The summed E-state index contributed by atoms with van der Waals surface area (Å²) in [6, 6.07) is 7.89. The highest BCUT2D eigenvalue weighted by molar-refractivity contribution is 8.01. The number of ketones is 1. The summed E-state index contributed by atoms with van der Waals surface area (Å²) < 4.78 is 7.12. The topological polar surface area (TPSA) is 56.3 Å². The van der Waals surface area contributed by atoms with Crippen LogP contribution in [0.2, 0.25) is 0 Å². The monoisotopic (exact) mass is 307 g/mol. The first kappa shape index (κ1) is 13.6. The van der Waals surface area contributed by atoms with E-state index in [1.165, 1.54) is 11.8 Å². The van der Waals surface area contributed by atoms with Gasteiger partial charge in [0.1, 0.15) is 0 Å². The van der Waals surface area contributed by atoms with Crippen LogP contribution in [0.15, 0.2) is 28.6 Å². The molecule has 0 unspecified atom stereocenters. The van der Waals surface area contributed by atoms with Crippen molar-refractivity contribution in [3.8, 4) is 0 Å². The minimum absolute atomic E-state index is 0.0485. The van der Waals surface area contributed by atoms with Crippen molar-refractivity contribution >= 4 is 45.1 Å². The van der Waals surface area contributed by atoms with Gasteiger partial charge in [-0.25, -0.2) is 4.98 Å². The van der Waals surface area contributed by atoms with Crippen LogP contribution in [0.5, 0.6) is 0 Å². The van der Waals surface area contributed by atoms with E-state index in [0.717, 1.165) is 14.6 Å². The summed E-state index contributed by atoms with van der Waals surface area (Å²) in [5, 5.41) is 0. The van der Waals surface area contributed by atoms with Gasteiger partial charge < -0.3 is 4.74 Å². The number of fused-ring (bicyclic) bond motifs is 1. The van der Waals surface area contributed by atoms with Crippen LogP contribution in [0.4, 0.5) is 0 Å². The molecule has 2 aromatic rings. The Labute approximate surface area is 124 Å². The number of thiazole rings is 1. The van der Waals surface area contributed by atoms with Gasteiger partial charge in [0.2, 0.25) is 0 Å². The average molecular weight is 307 g/mol. The van der Waals surface area contributed by atoms with Crippen LogP contribution >= 0.6 is 23.1 Å². The van der Waals surface area contributed by atoms with Gasteiger partial charge in [0.05, 0.1) is 16.0 Å². The van der Waals surface area contributed by atoms with E-state index in [2.05, 4.69) is 4.98 Å². The molecule has 6 heteroatoms. The van der Waals surface area contributed by atoms with Crippen molar-refractivity contribution in [2.75, 3.05) is 5.75 Å². The fraction of sp³-hybridized carbons (Fsp3) is 0.357. The minimum atomic E-state index is -0.944. The highest BCUT2D eigenvalue weighted by Gasteiger charge is 2.42. The predicted octanol–water partition coefficient (Wildman–Crippen LogP) is 3.05. The van der Waals surface area contributed by atoms with E-state index in [-0.39, 0.29) is 17.5 Å². The van der Waals surface area contributed by atoms with Crippen LogP contribution in [0, 0.1) is 0 Å². The third-order valence-corrected chi connectivity index (χ3v) is 5.52. The molecular formula is C14H13NO3S2. The molecule has 1 aliphatic heterocycles. The molecule has 20 heavy (non-hydrogen) atoms. The second kappa shape index (κ2) is 5.18. The Kier molecular flexibility index (Phi) is 3.52. The molecule has 1 saturated heterocycles. The summed E-state index contributed by atoms with van der Waals surface area (Å²) in [6.07, 6.45) is 0.805. The van der Waals surface area contributed by atoms with Crippen LogP contribution in [0.1, 0.15) is 19.8 Å². The van der Waals surface area contributed by atoms with Crippen molar-refractivity contribution in [2.45, 2.75) is 29.7 Å². The maximum atomic E-state index is 12.2. The van der Waals surface area contributed by atoms with Gasteiger partial charge in [-0.1, -0.05) is 23.9 Å². The van der Waals surface area contributed by atoms with E-state index in [0.29, 0.717) is 12.8 Å². The van der Waals surface area contributed by atoms with Gasteiger partial charge in [0, 0.05) is 12.8 Å². The largest absolute Gasteiger partial charge is 0.451 e. The maximum absolute atomic E-state index is 12.2. The number of thioether (sulfide) groups is 1. The second-order valence-electron chi connectivity index (χ2n) is 4.86. The zero-order valence-corrected chi connectivity index (χ0v) is 12.6. The molecule has 1 aromatic heterocycles. The summed E-state index contributed by atoms with van der Waals surface area (Å²) in [4.78, 5) is 27.8. The summed E-state index contributed by atoms with van der Waals surface area (Å²) in [5.41, 5.74) is 0.00627. The Hall–Kier alpha value is -1.40. The highest BCUT2D eigenvalue weighted by Crippen LogP contribution is 2.32. The number of ether oxygens (including phenoxy) is 1. The second-order valence-corrected chi connectivity index (χ2v) is 7.12. The molecule has 0 bridgehead atoms. The standard InChI is InChI=1S/C14H13NO3S2/c1-14(7-6-12(17)18-14)11(16)8-19-13-15-9-4-2-3-5-10(9)20-13/h2-5H,6-8H2,1H3/t14-/m0/s1. The lowest BCUT2D eigenvalue weighted by molar-refractivity contribution is -0.154. The van der Waals surface area contributed by atoms with Crippen LogP contribution in [-0.4, -0.2) is 28.1 Å². The van der Waals surface area contributed by atoms with Crippen LogP contribution in [-0.2, 0) is 14.3 Å². The van der Waals surface area contributed by atoms with Crippen LogP contribution in [0.3, 0.4) is 0 Å². The first-order valence-electron chi connectivity index (χ1n) is 6.30. The molecule has 1 atom stereocenters. The number of carbonyl (C=O) groups is 2. The summed E-state index contributed by atoms with van der Waals surface area (Å²) >= 11 is 2.98. The van der Waals surface area contributed by atoms with Gasteiger partial charge in [-0.05, 0) is 19.1 Å². The zero-order valence-electron chi connectivity index (χ0n) is 10.9. The molecule has 2 heterocycles. The van der Waals surface area contributed by atoms with Gasteiger partial charge in [0.15, 0.2) is 15.7 Å². The lowest BCUT2D eigenvalue weighted by Gasteiger charge is -2.19. The molecule has 0 radical (unpaired) electrons. The van der Waals surface area contributed by atoms with Crippen molar-refractivity contribution in [1.29, 1.82) is 0 Å². The van der Waals surface area contributed by atoms with Crippen molar-refractivity contribution < 1.29 is 14.3 Å². The minimum Gasteiger partial charge on any atom is -0.451 e. The van der Waals surface area contributed by atoms with Gasteiger partial charge in [-0.3, -0.25) is 9.59 Å². The number of hydrogen-bond donors (Lipinski definition) is 0. The summed E-state index contributed by atoms with van der Waals surface area (Å²) in [5.74, 6) is -0.0534. The van der Waals surface area contributed by atoms with Gasteiger partial charge in [-0.15, -0.1) is 11.3 Å². The van der Waals surface area contributed by atoms with Gasteiger partial charge >= 0.3 is 5.97 Å². The van der Waals surface area contributed by atoms with Crippen molar-refractivity contribution in [3.05, 3.63) is 24.3 Å². The number of hydrogen-bond acceptors (Lipinski definition) is 6. The molecular weight excluding hydrogens is 294 g/mol. The Morgan fingerprint density at radius 2 is 2.30 bits per heavy atom. The number of rotatable bonds is 4.